The van der Waals surface area contributed by atoms with Gasteiger partial charge in [-0.1, -0.05) is 56.3 Å². The van der Waals surface area contributed by atoms with Crippen LogP contribution in [0.3, 0.4) is 0 Å². The Labute approximate surface area is 204 Å². The quantitative estimate of drug-likeness (QED) is 0.327. The van der Waals surface area contributed by atoms with Crippen molar-refractivity contribution in [1.29, 1.82) is 0 Å². The fraction of sp³-hybridized carbons (Fsp3) is 0.333. The number of alkyl halides is 6. The zero-order valence-electron chi connectivity index (χ0n) is 19.8. The van der Waals surface area contributed by atoms with Crippen LogP contribution in [0.4, 0.5) is 30.7 Å². The van der Waals surface area contributed by atoms with Crippen LogP contribution >= 0.6 is 0 Å². The molecule has 0 amide bonds. The maximum atomic E-state index is 14.2. The van der Waals surface area contributed by atoms with Crippen molar-refractivity contribution >= 4 is 0 Å². The summed E-state index contributed by atoms with van der Waals surface area (Å²) in [6.07, 6.45) is -11.5. The van der Waals surface area contributed by atoms with Gasteiger partial charge in [-0.05, 0) is 52.8 Å². The Morgan fingerprint density at radius 3 is 2.08 bits per heavy atom. The minimum Gasteiger partial charge on any atom is -0.496 e. The summed E-state index contributed by atoms with van der Waals surface area (Å²) in [7, 11) is 1.30. The average molecular weight is 514 g/mol. The van der Waals surface area contributed by atoms with Crippen LogP contribution in [0.2, 0.25) is 0 Å². The molecule has 194 valence electrons. The zero-order valence-corrected chi connectivity index (χ0v) is 19.8. The molecular formula is C27H25F7O2. The molecule has 1 atom stereocenters. The molecule has 1 unspecified atom stereocenters. The highest BCUT2D eigenvalue weighted by Crippen LogP contribution is 2.45. The molecule has 0 saturated carbocycles. The summed E-state index contributed by atoms with van der Waals surface area (Å²) >= 11 is 0. The lowest BCUT2D eigenvalue weighted by molar-refractivity contribution is -0.266. The van der Waals surface area contributed by atoms with E-state index in [0.717, 1.165) is 18.2 Å². The Morgan fingerprint density at radius 1 is 0.806 bits per heavy atom. The first-order valence-corrected chi connectivity index (χ1v) is 11.0. The van der Waals surface area contributed by atoms with Crippen LogP contribution in [-0.2, 0) is 18.0 Å². The molecule has 0 aliphatic heterocycles. The van der Waals surface area contributed by atoms with Crippen molar-refractivity contribution in [3.63, 3.8) is 0 Å². The van der Waals surface area contributed by atoms with E-state index < -0.39 is 47.6 Å². The third kappa shape index (κ3) is 5.83. The zero-order chi connectivity index (χ0) is 26.9. The molecule has 0 heterocycles. The Balaban J connectivity index is 2.02. The second kappa shape index (κ2) is 9.76. The molecule has 3 rings (SSSR count). The lowest BCUT2D eigenvalue weighted by atomic mass is 9.72. The van der Waals surface area contributed by atoms with Gasteiger partial charge < -0.3 is 9.84 Å². The van der Waals surface area contributed by atoms with E-state index in [-0.39, 0.29) is 28.0 Å². The Bertz CT molecular complexity index is 1220. The van der Waals surface area contributed by atoms with Crippen molar-refractivity contribution in [3.05, 3.63) is 89.2 Å². The maximum Gasteiger partial charge on any atom is 0.417 e. The number of hydrogen-bond donors (Lipinski definition) is 1. The summed E-state index contributed by atoms with van der Waals surface area (Å²) < 4.78 is 102. The molecule has 0 aliphatic carbocycles. The van der Waals surface area contributed by atoms with Gasteiger partial charge >= 0.3 is 12.4 Å². The molecule has 0 aromatic heterocycles. The summed E-state index contributed by atoms with van der Waals surface area (Å²) in [5.74, 6) is -0.512. The van der Waals surface area contributed by atoms with Crippen molar-refractivity contribution in [1.82, 2.24) is 0 Å². The number of rotatable bonds is 7. The van der Waals surface area contributed by atoms with E-state index in [1.54, 1.807) is 0 Å². The van der Waals surface area contributed by atoms with Crippen molar-refractivity contribution in [2.75, 3.05) is 7.11 Å². The number of methoxy groups -OCH3 is 1. The molecule has 3 aromatic carbocycles. The molecule has 0 spiro atoms. The Morgan fingerprint density at radius 2 is 1.47 bits per heavy atom. The van der Waals surface area contributed by atoms with Gasteiger partial charge in [-0.15, -0.1) is 0 Å². The molecule has 0 bridgehead atoms. The van der Waals surface area contributed by atoms with E-state index >= 15 is 0 Å². The monoisotopic (exact) mass is 514 g/mol. The lowest BCUT2D eigenvalue weighted by Crippen LogP contribution is -2.50. The fourth-order valence-electron chi connectivity index (χ4n) is 4.47. The van der Waals surface area contributed by atoms with Crippen LogP contribution in [0.15, 0.2) is 66.7 Å². The highest BCUT2D eigenvalue weighted by molar-refractivity contribution is 5.68. The predicted molar refractivity (Wildman–Crippen MR) is 122 cm³/mol. The molecular weight excluding hydrogens is 489 g/mol. The topological polar surface area (TPSA) is 29.5 Å². The molecule has 1 N–H and O–H groups in total. The van der Waals surface area contributed by atoms with Crippen LogP contribution in [0, 0.1) is 5.82 Å². The maximum absolute atomic E-state index is 14.2. The first kappa shape index (κ1) is 27.5. The SMILES string of the molecule is COc1ccc(F)cc1C(C)(C)CC(O)(Cc1cccc(-c2ccccc2C(F)(F)F)c1)C(F)(F)F. The lowest BCUT2D eigenvalue weighted by Gasteiger charge is -2.38. The third-order valence-electron chi connectivity index (χ3n) is 6.12. The van der Waals surface area contributed by atoms with Gasteiger partial charge in [0.05, 0.1) is 12.7 Å². The first-order valence-electron chi connectivity index (χ1n) is 11.0. The van der Waals surface area contributed by atoms with Gasteiger partial charge in [-0.25, -0.2) is 4.39 Å². The van der Waals surface area contributed by atoms with Gasteiger partial charge in [-0.3, -0.25) is 0 Å². The molecule has 0 fully saturated rings. The second-order valence-electron chi connectivity index (χ2n) is 9.36. The van der Waals surface area contributed by atoms with E-state index in [2.05, 4.69) is 0 Å². The standard InChI is InChI=1S/C27H25F7O2/c1-24(2,22-14-19(28)11-12-23(22)36-3)16-25(35,27(32,33)34)15-17-7-6-8-18(13-17)20-9-4-5-10-21(20)26(29,30)31/h4-14,35H,15-16H2,1-3H3. The minimum atomic E-state index is -5.09. The molecule has 0 aliphatic rings. The first-order chi connectivity index (χ1) is 16.6. The van der Waals surface area contributed by atoms with E-state index in [1.807, 2.05) is 0 Å². The highest BCUT2D eigenvalue weighted by atomic mass is 19.4. The summed E-state index contributed by atoms with van der Waals surface area (Å²) in [6, 6.07) is 13.4. The summed E-state index contributed by atoms with van der Waals surface area (Å²) in [5, 5.41) is 10.9. The molecule has 9 heteroatoms. The molecule has 36 heavy (non-hydrogen) atoms. The molecule has 3 aromatic rings. The van der Waals surface area contributed by atoms with Gasteiger partial charge in [0, 0.05) is 12.0 Å². The van der Waals surface area contributed by atoms with Crippen molar-refractivity contribution in [2.24, 2.45) is 0 Å². The Kier molecular flexibility index (Phi) is 7.46. The van der Waals surface area contributed by atoms with Crippen molar-refractivity contribution in [3.8, 4) is 16.9 Å². The third-order valence-corrected chi connectivity index (χ3v) is 6.12. The number of aliphatic hydroxyl groups is 1. The predicted octanol–water partition coefficient (Wildman–Crippen LogP) is 7.72. The number of halogens is 7. The summed E-state index contributed by atoms with van der Waals surface area (Å²) in [4.78, 5) is 0. The van der Waals surface area contributed by atoms with E-state index in [4.69, 9.17) is 4.74 Å². The van der Waals surface area contributed by atoms with Crippen LogP contribution < -0.4 is 4.74 Å². The smallest absolute Gasteiger partial charge is 0.417 e. The van der Waals surface area contributed by atoms with Gasteiger partial charge in [0.15, 0.2) is 5.60 Å². The van der Waals surface area contributed by atoms with Crippen LogP contribution in [0.25, 0.3) is 11.1 Å². The van der Waals surface area contributed by atoms with Crippen molar-refractivity contribution in [2.45, 2.75) is 50.1 Å². The largest absolute Gasteiger partial charge is 0.496 e. The van der Waals surface area contributed by atoms with Gasteiger partial charge in [0.25, 0.3) is 0 Å². The van der Waals surface area contributed by atoms with E-state index in [9.17, 15) is 35.8 Å². The van der Waals surface area contributed by atoms with Crippen LogP contribution in [0.5, 0.6) is 5.75 Å². The minimum absolute atomic E-state index is 0.00805. The van der Waals surface area contributed by atoms with Gasteiger partial charge in [0.1, 0.15) is 11.6 Å². The fourth-order valence-corrected chi connectivity index (χ4v) is 4.47. The second-order valence-corrected chi connectivity index (χ2v) is 9.36. The number of ether oxygens (including phenoxy) is 1. The molecule has 2 nitrogen and oxygen atoms in total. The highest BCUT2D eigenvalue weighted by Gasteiger charge is 2.56. The average Bonchev–Trinajstić information content (AvgIpc) is 2.77. The van der Waals surface area contributed by atoms with Gasteiger partial charge in [0.2, 0.25) is 0 Å². The van der Waals surface area contributed by atoms with E-state index in [0.29, 0.717) is 0 Å². The summed E-state index contributed by atoms with van der Waals surface area (Å²) in [5.41, 5.74) is -5.57. The molecule has 0 radical (unpaired) electrons. The summed E-state index contributed by atoms with van der Waals surface area (Å²) in [6.45, 7) is 2.86. The van der Waals surface area contributed by atoms with Crippen LogP contribution in [-0.4, -0.2) is 24.0 Å². The number of benzene rings is 3. The van der Waals surface area contributed by atoms with Crippen LogP contribution in [0.1, 0.15) is 37.0 Å². The Hall–Kier alpha value is -3.07. The normalized spacial score (nSPS) is 14.4. The van der Waals surface area contributed by atoms with E-state index in [1.165, 1.54) is 69.5 Å². The number of hydrogen-bond acceptors (Lipinski definition) is 2. The molecule has 0 saturated heterocycles. The van der Waals surface area contributed by atoms with Gasteiger partial charge in [-0.2, -0.15) is 26.3 Å². The van der Waals surface area contributed by atoms with Crippen molar-refractivity contribution < 1.29 is 40.6 Å².